The van der Waals surface area contributed by atoms with E-state index in [1.54, 1.807) is 18.2 Å². The van der Waals surface area contributed by atoms with Crippen molar-refractivity contribution in [2.75, 3.05) is 11.9 Å². The smallest absolute Gasteiger partial charge is 0.322 e. The van der Waals surface area contributed by atoms with E-state index < -0.39 is 0 Å². The molecule has 6 heteroatoms. The molecule has 1 aliphatic rings. The monoisotopic (exact) mass is 343 g/mol. The van der Waals surface area contributed by atoms with E-state index in [-0.39, 0.29) is 11.9 Å². The number of hydrogen-bond acceptors (Lipinski definition) is 5. The number of amides is 1. The van der Waals surface area contributed by atoms with Crippen LogP contribution in [0.25, 0.3) is 0 Å². The first-order valence-corrected chi connectivity index (χ1v) is 9.14. The van der Waals surface area contributed by atoms with Crippen LogP contribution in [0.5, 0.6) is 5.75 Å². The molecule has 1 heterocycles. The average Bonchev–Trinajstić information content (AvgIpc) is 3.11. The van der Waals surface area contributed by atoms with E-state index in [0.717, 1.165) is 25.7 Å². The third-order valence-electron chi connectivity index (χ3n) is 4.48. The zero-order valence-corrected chi connectivity index (χ0v) is 14.7. The van der Waals surface area contributed by atoms with Crippen LogP contribution in [0, 0.1) is 0 Å². The van der Waals surface area contributed by atoms with Crippen LogP contribution in [0.1, 0.15) is 74.0 Å². The van der Waals surface area contributed by atoms with Crippen LogP contribution in [0.4, 0.5) is 6.01 Å². The molecule has 0 saturated heterocycles. The number of carbonyl (C=O) groups is 1. The van der Waals surface area contributed by atoms with Gasteiger partial charge < -0.3 is 9.15 Å². The van der Waals surface area contributed by atoms with Crippen molar-refractivity contribution in [3.05, 3.63) is 35.7 Å². The van der Waals surface area contributed by atoms with Gasteiger partial charge in [0.15, 0.2) is 0 Å². The van der Waals surface area contributed by atoms with Crippen LogP contribution in [0.3, 0.4) is 0 Å². The van der Waals surface area contributed by atoms with E-state index in [2.05, 4.69) is 22.4 Å². The first kappa shape index (κ1) is 17.5. The maximum atomic E-state index is 12.4. The summed E-state index contributed by atoms with van der Waals surface area (Å²) in [6.45, 7) is 2.76. The Morgan fingerprint density at radius 1 is 1.28 bits per heavy atom. The van der Waals surface area contributed by atoms with E-state index in [1.165, 1.54) is 19.3 Å². The summed E-state index contributed by atoms with van der Waals surface area (Å²) in [7, 11) is 0. The number of hydrogen-bond donors (Lipinski definition) is 1. The Balaban J connectivity index is 1.60. The topological polar surface area (TPSA) is 77.2 Å². The van der Waals surface area contributed by atoms with E-state index in [4.69, 9.17) is 9.15 Å². The van der Waals surface area contributed by atoms with Crippen molar-refractivity contribution < 1.29 is 13.9 Å². The fourth-order valence-corrected chi connectivity index (χ4v) is 3.03. The summed E-state index contributed by atoms with van der Waals surface area (Å²) < 4.78 is 11.3. The lowest BCUT2D eigenvalue weighted by atomic mass is 9.89. The number of benzene rings is 1. The molecule has 0 unspecified atom stereocenters. The van der Waals surface area contributed by atoms with E-state index in [0.29, 0.717) is 29.7 Å². The Bertz CT molecular complexity index is 693. The second kappa shape index (κ2) is 8.65. The molecule has 2 aromatic rings. The van der Waals surface area contributed by atoms with E-state index >= 15 is 0 Å². The molecular weight excluding hydrogens is 318 g/mol. The molecule has 1 saturated carbocycles. The number of rotatable bonds is 7. The average molecular weight is 343 g/mol. The van der Waals surface area contributed by atoms with Crippen LogP contribution in [0.15, 0.2) is 28.7 Å². The molecule has 1 aliphatic carbocycles. The highest BCUT2D eigenvalue weighted by atomic mass is 16.5. The predicted molar refractivity (Wildman–Crippen MR) is 94.9 cm³/mol. The molecule has 0 spiro atoms. The van der Waals surface area contributed by atoms with Gasteiger partial charge in [-0.05, 0) is 37.5 Å². The van der Waals surface area contributed by atoms with Gasteiger partial charge in [0.05, 0.1) is 6.61 Å². The summed E-state index contributed by atoms with van der Waals surface area (Å²) in [4.78, 5) is 12.4. The van der Waals surface area contributed by atoms with Crippen LogP contribution >= 0.6 is 0 Å². The van der Waals surface area contributed by atoms with Crippen molar-refractivity contribution in [3.63, 3.8) is 0 Å². The summed E-state index contributed by atoms with van der Waals surface area (Å²) in [5.74, 6) is 1.36. The van der Waals surface area contributed by atoms with Gasteiger partial charge in [0.25, 0.3) is 5.91 Å². The van der Waals surface area contributed by atoms with Crippen molar-refractivity contribution in [2.45, 2.75) is 57.8 Å². The number of nitrogens with zero attached hydrogens (tertiary/aromatic N) is 2. The third-order valence-corrected chi connectivity index (χ3v) is 4.48. The molecule has 3 rings (SSSR count). The first-order chi connectivity index (χ1) is 12.3. The molecule has 0 radical (unpaired) electrons. The quantitative estimate of drug-likeness (QED) is 0.746. The van der Waals surface area contributed by atoms with Crippen LogP contribution in [-0.4, -0.2) is 22.7 Å². The summed E-state index contributed by atoms with van der Waals surface area (Å²) >= 11 is 0. The lowest BCUT2D eigenvalue weighted by Gasteiger charge is -2.17. The molecule has 25 heavy (non-hydrogen) atoms. The van der Waals surface area contributed by atoms with Gasteiger partial charge >= 0.3 is 6.01 Å². The van der Waals surface area contributed by atoms with Crippen molar-refractivity contribution in [2.24, 2.45) is 0 Å². The molecular formula is C19H25N3O3. The minimum Gasteiger partial charge on any atom is -0.494 e. The largest absolute Gasteiger partial charge is 0.494 e. The molecule has 1 fully saturated rings. The Kier molecular flexibility index (Phi) is 6.04. The van der Waals surface area contributed by atoms with E-state index in [9.17, 15) is 4.79 Å². The normalized spacial score (nSPS) is 15.1. The molecule has 1 N–H and O–H groups in total. The first-order valence-electron chi connectivity index (χ1n) is 9.14. The Morgan fingerprint density at radius 2 is 2.12 bits per heavy atom. The SMILES string of the molecule is CCCCOc1cccc(C(=O)Nc2nnc(C3CCCCC3)o2)c1. The molecule has 1 amide bonds. The zero-order valence-electron chi connectivity index (χ0n) is 14.7. The van der Waals surface area contributed by atoms with Gasteiger partial charge in [0, 0.05) is 11.5 Å². The minimum absolute atomic E-state index is 0.155. The van der Waals surface area contributed by atoms with Crippen molar-refractivity contribution >= 4 is 11.9 Å². The number of aromatic nitrogens is 2. The summed E-state index contributed by atoms with van der Waals surface area (Å²) in [5, 5.41) is 10.7. The van der Waals surface area contributed by atoms with Crippen molar-refractivity contribution in [1.29, 1.82) is 0 Å². The van der Waals surface area contributed by atoms with E-state index in [1.807, 2.05) is 6.07 Å². The summed E-state index contributed by atoms with van der Waals surface area (Å²) in [5.41, 5.74) is 0.506. The highest BCUT2D eigenvalue weighted by Crippen LogP contribution is 2.32. The van der Waals surface area contributed by atoms with Gasteiger partial charge in [-0.25, -0.2) is 0 Å². The lowest BCUT2D eigenvalue weighted by Crippen LogP contribution is -2.12. The lowest BCUT2D eigenvalue weighted by molar-refractivity contribution is 0.102. The molecule has 1 aromatic heterocycles. The summed E-state index contributed by atoms with van der Waals surface area (Å²) in [6, 6.07) is 7.27. The predicted octanol–water partition coefficient (Wildman–Crippen LogP) is 4.55. The van der Waals surface area contributed by atoms with Gasteiger partial charge in [-0.1, -0.05) is 43.8 Å². The van der Waals surface area contributed by atoms with Crippen LogP contribution in [-0.2, 0) is 0 Å². The number of anilines is 1. The molecule has 0 atom stereocenters. The van der Waals surface area contributed by atoms with Gasteiger partial charge in [-0.15, -0.1) is 5.10 Å². The zero-order chi connectivity index (χ0) is 17.5. The van der Waals surface area contributed by atoms with Crippen molar-refractivity contribution in [3.8, 4) is 5.75 Å². The van der Waals surface area contributed by atoms with Crippen LogP contribution in [0.2, 0.25) is 0 Å². The van der Waals surface area contributed by atoms with Gasteiger partial charge in [-0.3, -0.25) is 10.1 Å². The van der Waals surface area contributed by atoms with Gasteiger partial charge in [0.1, 0.15) is 5.75 Å². The number of ether oxygens (including phenoxy) is 1. The second-order valence-electron chi connectivity index (χ2n) is 6.46. The fraction of sp³-hybridized carbons (Fsp3) is 0.526. The highest BCUT2D eigenvalue weighted by Gasteiger charge is 2.22. The molecule has 1 aromatic carbocycles. The molecule has 6 nitrogen and oxygen atoms in total. The standard InChI is InChI=1S/C19H25N3O3/c1-2-3-12-24-16-11-7-10-15(13-16)17(23)20-19-22-21-18(25-19)14-8-5-4-6-9-14/h7,10-11,13-14H,2-6,8-9,12H2,1H3,(H,20,22,23). The second-order valence-corrected chi connectivity index (χ2v) is 6.46. The minimum atomic E-state index is -0.278. The van der Waals surface area contributed by atoms with Gasteiger partial charge in [0.2, 0.25) is 5.89 Å². The fourth-order valence-electron chi connectivity index (χ4n) is 3.03. The Hall–Kier alpha value is -2.37. The molecule has 134 valence electrons. The van der Waals surface area contributed by atoms with Crippen LogP contribution < -0.4 is 10.1 Å². The summed E-state index contributed by atoms with van der Waals surface area (Å²) in [6.07, 6.45) is 7.87. The maximum Gasteiger partial charge on any atom is 0.322 e. The van der Waals surface area contributed by atoms with Crippen molar-refractivity contribution in [1.82, 2.24) is 10.2 Å². The number of nitrogens with one attached hydrogen (secondary N) is 1. The Labute approximate surface area is 148 Å². The third kappa shape index (κ3) is 4.81. The molecule has 0 bridgehead atoms. The number of carbonyl (C=O) groups excluding carboxylic acids is 1. The Morgan fingerprint density at radius 3 is 2.92 bits per heavy atom. The maximum absolute atomic E-state index is 12.4. The van der Waals surface area contributed by atoms with Gasteiger partial charge in [-0.2, -0.15) is 0 Å². The highest BCUT2D eigenvalue weighted by molar-refractivity contribution is 6.03. The number of unbranched alkanes of at least 4 members (excludes halogenated alkanes) is 1. The molecule has 0 aliphatic heterocycles.